The number of likely N-dealkylation sites (tertiary alicyclic amines) is 1. The number of aromatic amines is 1. The Morgan fingerprint density at radius 2 is 2.14 bits per heavy atom. The van der Waals surface area contributed by atoms with Gasteiger partial charge in [0, 0.05) is 23.1 Å². The number of carbonyl (C=O) groups is 1. The zero-order chi connectivity index (χ0) is 19.9. The molecule has 3 aliphatic rings. The molecule has 1 aromatic heterocycles. The van der Waals surface area contributed by atoms with Crippen LogP contribution in [0, 0.1) is 11.8 Å². The summed E-state index contributed by atoms with van der Waals surface area (Å²) in [6.45, 7) is 4.58. The Morgan fingerprint density at radius 3 is 2.97 bits per heavy atom. The third-order valence-electron chi connectivity index (χ3n) is 8.11. The van der Waals surface area contributed by atoms with Gasteiger partial charge in [0.2, 0.25) is 0 Å². The van der Waals surface area contributed by atoms with Crippen molar-refractivity contribution in [2.75, 3.05) is 0 Å². The molecule has 2 heterocycles. The first-order valence-electron chi connectivity index (χ1n) is 10.6. The number of fused-ring (bicyclic) bond motifs is 4. The van der Waals surface area contributed by atoms with Crippen LogP contribution in [0.25, 0.3) is 11.0 Å². The van der Waals surface area contributed by atoms with Crippen LogP contribution in [0.1, 0.15) is 48.2 Å². The van der Waals surface area contributed by atoms with E-state index in [4.69, 9.17) is 0 Å². The van der Waals surface area contributed by atoms with Crippen LogP contribution in [-0.2, 0) is 11.8 Å². The first-order valence-corrected chi connectivity index (χ1v) is 10.6. The molecule has 2 aliphatic carbocycles. The summed E-state index contributed by atoms with van der Waals surface area (Å²) in [6, 6.07) is 12.1. The summed E-state index contributed by atoms with van der Waals surface area (Å²) in [5, 5.41) is 10.1. The van der Waals surface area contributed by atoms with Gasteiger partial charge >= 0.3 is 0 Å². The normalized spacial score (nSPS) is 32.0. The van der Waals surface area contributed by atoms with Gasteiger partial charge in [0.25, 0.3) is 5.91 Å². The molecule has 0 radical (unpaired) electrons. The largest absolute Gasteiger partial charge is 0.508 e. The predicted octanol–water partition coefficient (Wildman–Crippen LogP) is 4.02. The maximum Gasteiger partial charge on any atom is 0.254 e. The van der Waals surface area contributed by atoms with Gasteiger partial charge in [-0.05, 0) is 72.6 Å². The monoisotopic (exact) mass is 387 g/mol. The van der Waals surface area contributed by atoms with Crippen molar-refractivity contribution < 1.29 is 9.90 Å². The Morgan fingerprint density at radius 1 is 1.28 bits per heavy atom. The van der Waals surface area contributed by atoms with Crippen LogP contribution in [0.3, 0.4) is 0 Å². The Labute approximate surface area is 169 Å². The van der Waals surface area contributed by atoms with E-state index in [0.717, 1.165) is 35.9 Å². The summed E-state index contributed by atoms with van der Waals surface area (Å²) < 4.78 is 0. The lowest BCUT2D eigenvalue weighted by Gasteiger charge is -2.51. The lowest BCUT2D eigenvalue weighted by atomic mass is 9.59. The van der Waals surface area contributed by atoms with Crippen molar-refractivity contribution in [2.45, 2.75) is 50.6 Å². The van der Waals surface area contributed by atoms with Gasteiger partial charge in [-0.15, -0.1) is 0 Å². The molecular weight excluding hydrogens is 362 g/mol. The summed E-state index contributed by atoms with van der Waals surface area (Å²) >= 11 is 0. The number of hydrogen-bond acceptors (Lipinski definition) is 3. The van der Waals surface area contributed by atoms with Crippen LogP contribution < -0.4 is 0 Å². The lowest BCUT2D eigenvalue weighted by molar-refractivity contribution is 0.0425. The summed E-state index contributed by atoms with van der Waals surface area (Å²) in [5.41, 5.74) is 5.21. The minimum atomic E-state index is 0.0746. The average molecular weight is 387 g/mol. The fourth-order valence-electron chi connectivity index (χ4n) is 6.96. The van der Waals surface area contributed by atoms with Gasteiger partial charge in [0.15, 0.2) is 0 Å². The van der Waals surface area contributed by atoms with E-state index < -0.39 is 0 Å². The fraction of sp³-hybridized carbons (Fsp3) is 0.417. The number of hydrogen-bond donors (Lipinski definition) is 2. The Kier molecular flexibility index (Phi) is 3.31. The van der Waals surface area contributed by atoms with Crippen molar-refractivity contribution in [1.82, 2.24) is 14.9 Å². The van der Waals surface area contributed by atoms with Crippen LogP contribution in [0.15, 0.2) is 42.7 Å². The van der Waals surface area contributed by atoms with E-state index in [9.17, 15) is 9.90 Å². The second-order valence-corrected chi connectivity index (χ2v) is 9.13. The third-order valence-corrected chi connectivity index (χ3v) is 8.11. The van der Waals surface area contributed by atoms with Gasteiger partial charge in [-0.1, -0.05) is 19.9 Å². The number of H-pyrrole nitrogens is 1. The molecule has 29 heavy (non-hydrogen) atoms. The van der Waals surface area contributed by atoms with Crippen molar-refractivity contribution in [3.05, 3.63) is 59.4 Å². The zero-order valence-corrected chi connectivity index (χ0v) is 16.7. The molecular formula is C24H25N3O2. The first-order chi connectivity index (χ1) is 14.0. The number of nitrogens with one attached hydrogen (secondary N) is 1. The van der Waals surface area contributed by atoms with E-state index in [1.807, 2.05) is 24.3 Å². The number of benzene rings is 2. The van der Waals surface area contributed by atoms with E-state index in [1.165, 1.54) is 11.1 Å². The molecule has 5 heteroatoms. The number of piperidine rings is 1. The molecule has 4 unspecified atom stereocenters. The number of amides is 1. The van der Waals surface area contributed by atoms with Crippen molar-refractivity contribution >= 4 is 16.9 Å². The molecule has 5 atom stereocenters. The minimum absolute atomic E-state index is 0.0746. The molecule has 1 amide bonds. The number of rotatable bonds is 2. The maximum atomic E-state index is 13.7. The highest BCUT2D eigenvalue weighted by Gasteiger charge is 2.66. The highest BCUT2D eigenvalue weighted by atomic mass is 16.3. The Bertz CT molecular complexity index is 1150. The van der Waals surface area contributed by atoms with E-state index in [0.29, 0.717) is 17.6 Å². The lowest BCUT2D eigenvalue weighted by Crippen LogP contribution is -2.56. The molecule has 0 spiro atoms. The zero-order valence-electron chi connectivity index (χ0n) is 16.7. The maximum absolute atomic E-state index is 13.7. The van der Waals surface area contributed by atoms with Crippen molar-refractivity contribution in [3.8, 4) is 5.75 Å². The van der Waals surface area contributed by atoms with Crippen LogP contribution in [0.5, 0.6) is 5.75 Å². The second kappa shape index (κ2) is 5.62. The molecule has 2 bridgehead atoms. The SMILES string of the molecule is CCC12CC3C(C)C1[C@@H](Cc1ccc(O)cc12)N3C(=O)c1ccc2nc[nH]c2c1. The second-order valence-electron chi connectivity index (χ2n) is 9.13. The average Bonchev–Trinajstić information content (AvgIpc) is 3.38. The number of phenolic OH excluding ortho intramolecular Hbond substituents is 1. The Hall–Kier alpha value is -2.82. The molecule has 1 saturated carbocycles. The summed E-state index contributed by atoms with van der Waals surface area (Å²) in [7, 11) is 0. The number of aromatic hydroxyl groups is 1. The van der Waals surface area contributed by atoms with Gasteiger partial charge < -0.3 is 15.0 Å². The molecule has 3 aromatic rings. The van der Waals surface area contributed by atoms with E-state index >= 15 is 0 Å². The number of carbonyl (C=O) groups excluding carboxylic acids is 1. The van der Waals surface area contributed by atoms with Crippen molar-refractivity contribution in [3.63, 3.8) is 0 Å². The van der Waals surface area contributed by atoms with E-state index in [-0.39, 0.29) is 23.4 Å². The third kappa shape index (κ3) is 2.05. The van der Waals surface area contributed by atoms with Gasteiger partial charge in [-0.3, -0.25) is 4.79 Å². The van der Waals surface area contributed by atoms with Crippen LogP contribution >= 0.6 is 0 Å². The molecule has 5 nitrogen and oxygen atoms in total. The van der Waals surface area contributed by atoms with Crippen LogP contribution in [0.2, 0.25) is 0 Å². The number of phenols is 1. The molecule has 1 aliphatic heterocycles. The van der Waals surface area contributed by atoms with E-state index in [2.05, 4.69) is 34.8 Å². The summed E-state index contributed by atoms with van der Waals surface area (Å²) in [6.07, 6.45) is 4.58. The van der Waals surface area contributed by atoms with Gasteiger partial charge in [-0.2, -0.15) is 0 Å². The highest BCUT2D eigenvalue weighted by Crippen LogP contribution is 2.63. The van der Waals surface area contributed by atoms with Gasteiger partial charge in [0.1, 0.15) is 5.75 Å². The fourth-order valence-corrected chi connectivity index (χ4v) is 6.96. The highest BCUT2D eigenvalue weighted by molar-refractivity contribution is 5.98. The van der Waals surface area contributed by atoms with Gasteiger partial charge in [-0.25, -0.2) is 4.98 Å². The minimum Gasteiger partial charge on any atom is -0.508 e. The van der Waals surface area contributed by atoms with Crippen molar-refractivity contribution in [2.24, 2.45) is 11.8 Å². The molecule has 2 N–H and O–H groups in total. The number of nitrogens with zero attached hydrogens (tertiary/aromatic N) is 2. The molecule has 2 fully saturated rings. The van der Waals surface area contributed by atoms with Gasteiger partial charge in [0.05, 0.1) is 17.4 Å². The van der Waals surface area contributed by atoms with Crippen molar-refractivity contribution in [1.29, 1.82) is 0 Å². The topological polar surface area (TPSA) is 69.2 Å². The number of imidazole rings is 1. The predicted molar refractivity (Wildman–Crippen MR) is 111 cm³/mol. The smallest absolute Gasteiger partial charge is 0.254 e. The standard InChI is InChI=1S/C24H25N3O2/c1-3-24-11-21-13(2)22(24)20(9-14-4-6-16(28)10-17(14)24)27(21)23(29)15-5-7-18-19(8-15)26-12-25-18/h4-8,10,12-13,20-22,28H,3,9,11H2,1-2H3,(H,25,26)/t13?,20-,21?,22?,24?/m1/s1. The molecule has 1 saturated heterocycles. The van der Waals surface area contributed by atoms with E-state index in [1.54, 1.807) is 12.4 Å². The van der Waals surface area contributed by atoms with Crippen LogP contribution in [0.4, 0.5) is 0 Å². The quantitative estimate of drug-likeness (QED) is 0.698. The Balaban J connectivity index is 1.45. The number of aromatic nitrogens is 2. The summed E-state index contributed by atoms with van der Waals surface area (Å²) in [4.78, 5) is 23.2. The first kappa shape index (κ1) is 17.1. The molecule has 148 valence electrons. The molecule has 2 aromatic carbocycles. The summed E-state index contributed by atoms with van der Waals surface area (Å²) in [5.74, 6) is 1.41. The molecule has 6 rings (SSSR count). The van der Waals surface area contributed by atoms with Crippen LogP contribution in [-0.4, -0.2) is 38.0 Å².